The minimum atomic E-state index is -0.384. The Kier molecular flexibility index (Phi) is 5.33. The average Bonchev–Trinajstić information content (AvgIpc) is 3.07. The fourth-order valence-corrected chi connectivity index (χ4v) is 4.06. The lowest BCUT2D eigenvalue weighted by Crippen LogP contribution is -2.52. The van der Waals surface area contributed by atoms with Gasteiger partial charge in [-0.15, -0.1) is 0 Å². The second-order valence-corrected chi connectivity index (χ2v) is 8.01. The Morgan fingerprint density at radius 2 is 1.35 bits per heavy atom. The standard InChI is InChI=1S/C25H23N3O2S/c1-16-14-20(15-22-23(29)26(3)25(31)27(4)24(22)30)17(2)28(16)21-12-10-19(11-13-21)18-8-6-5-7-9-18/h5-15H,1-4H3. The van der Waals surface area contributed by atoms with Gasteiger partial charge in [0.2, 0.25) is 0 Å². The number of aromatic nitrogens is 1. The molecule has 5 nitrogen and oxygen atoms in total. The molecule has 0 radical (unpaired) electrons. The zero-order valence-corrected chi connectivity index (χ0v) is 18.7. The van der Waals surface area contributed by atoms with Gasteiger partial charge in [-0.05, 0) is 67.0 Å². The maximum Gasteiger partial charge on any atom is 0.265 e. The first-order chi connectivity index (χ1) is 14.8. The molecular formula is C25H23N3O2S. The van der Waals surface area contributed by atoms with Crippen molar-refractivity contribution in [1.82, 2.24) is 14.4 Å². The molecule has 0 saturated carbocycles. The van der Waals surface area contributed by atoms with Crippen LogP contribution in [0.1, 0.15) is 17.0 Å². The highest BCUT2D eigenvalue weighted by atomic mass is 32.1. The quantitative estimate of drug-likeness (QED) is 0.353. The first-order valence-electron chi connectivity index (χ1n) is 9.96. The minimum Gasteiger partial charge on any atom is -0.318 e. The number of hydrogen-bond donors (Lipinski definition) is 0. The van der Waals surface area contributed by atoms with Gasteiger partial charge in [0, 0.05) is 31.2 Å². The Hall–Kier alpha value is -3.51. The number of rotatable bonds is 3. The van der Waals surface area contributed by atoms with Crippen LogP contribution in [0.25, 0.3) is 22.9 Å². The molecule has 0 bridgehead atoms. The molecule has 1 aromatic heterocycles. The molecule has 0 unspecified atom stereocenters. The van der Waals surface area contributed by atoms with Crippen LogP contribution in [-0.2, 0) is 9.59 Å². The molecule has 1 aliphatic rings. The molecule has 1 aliphatic heterocycles. The molecule has 1 fully saturated rings. The molecule has 6 heteroatoms. The molecule has 3 aromatic rings. The molecule has 1 saturated heterocycles. The van der Waals surface area contributed by atoms with Crippen molar-refractivity contribution in [2.45, 2.75) is 13.8 Å². The van der Waals surface area contributed by atoms with Crippen LogP contribution in [0.15, 0.2) is 66.2 Å². The zero-order chi connectivity index (χ0) is 22.3. The highest BCUT2D eigenvalue weighted by Crippen LogP contribution is 2.27. The lowest BCUT2D eigenvalue weighted by atomic mass is 10.1. The second kappa shape index (κ2) is 7.96. The van der Waals surface area contributed by atoms with E-state index >= 15 is 0 Å². The number of carbonyl (C=O) groups excluding carboxylic acids is 2. The maximum atomic E-state index is 12.7. The monoisotopic (exact) mass is 429 g/mol. The van der Waals surface area contributed by atoms with E-state index in [2.05, 4.69) is 41.0 Å². The summed E-state index contributed by atoms with van der Waals surface area (Å²) in [6.45, 7) is 4.00. The van der Waals surface area contributed by atoms with Crippen molar-refractivity contribution < 1.29 is 9.59 Å². The van der Waals surface area contributed by atoms with Gasteiger partial charge in [-0.1, -0.05) is 42.5 Å². The molecular weight excluding hydrogens is 406 g/mol. The number of hydrogen-bond acceptors (Lipinski definition) is 3. The molecule has 0 atom stereocenters. The van der Waals surface area contributed by atoms with E-state index in [0.717, 1.165) is 28.2 Å². The normalized spacial score (nSPS) is 14.5. The highest BCUT2D eigenvalue weighted by molar-refractivity contribution is 7.80. The number of likely N-dealkylation sites (N-methyl/N-ethyl adjacent to an activating group) is 2. The number of nitrogens with zero attached hydrogens (tertiary/aromatic N) is 3. The lowest BCUT2D eigenvalue weighted by molar-refractivity contribution is -0.132. The summed E-state index contributed by atoms with van der Waals surface area (Å²) in [4.78, 5) is 28.0. The molecule has 2 heterocycles. The summed E-state index contributed by atoms with van der Waals surface area (Å²) < 4.78 is 2.12. The third-order valence-electron chi connectivity index (χ3n) is 5.65. The predicted octanol–water partition coefficient (Wildman–Crippen LogP) is 4.36. The van der Waals surface area contributed by atoms with Gasteiger partial charge in [0.15, 0.2) is 5.11 Å². The van der Waals surface area contributed by atoms with E-state index in [1.165, 1.54) is 15.4 Å². The molecule has 2 amide bonds. The molecule has 2 aromatic carbocycles. The summed E-state index contributed by atoms with van der Waals surface area (Å²) in [7, 11) is 3.16. The Morgan fingerprint density at radius 3 is 1.94 bits per heavy atom. The van der Waals surface area contributed by atoms with Gasteiger partial charge < -0.3 is 4.57 Å². The Bertz CT molecular complexity index is 1200. The van der Waals surface area contributed by atoms with Gasteiger partial charge in [0.1, 0.15) is 5.57 Å². The molecule has 31 heavy (non-hydrogen) atoms. The molecule has 0 aliphatic carbocycles. The van der Waals surface area contributed by atoms with Crippen molar-refractivity contribution >= 4 is 35.2 Å². The summed E-state index contributed by atoms with van der Waals surface area (Å²) >= 11 is 5.16. The Morgan fingerprint density at radius 1 is 0.806 bits per heavy atom. The largest absolute Gasteiger partial charge is 0.318 e. The molecule has 156 valence electrons. The van der Waals surface area contributed by atoms with E-state index in [9.17, 15) is 9.59 Å². The van der Waals surface area contributed by atoms with Crippen LogP contribution in [0.5, 0.6) is 0 Å². The van der Waals surface area contributed by atoms with E-state index in [1.54, 1.807) is 20.2 Å². The number of thiocarbonyl (C=S) groups is 1. The maximum absolute atomic E-state index is 12.7. The van der Waals surface area contributed by atoms with Crippen LogP contribution < -0.4 is 0 Å². The fraction of sp³-hybridized carbons (Fsp3) is 0.160. The minimum absolute atomic E-state index is 0.110. The molecule has 0 spiro atoms. The van der Waals surface area contributed by atoms with Crippen LogP contribution >= 0.6 is 12.2 Å². The van der Waals surface area contributed by atoms with Crippen LogP contribution in [0, 0.1) is 13.8 Å². The molecule has 0 N–H and O–H groups in total. The van der Waals surface area contributed by atoms with Crippen LogP contribution in [0.2, 0.25) is 0 Å². The van der Waals surface area contributed by atoms with E-state index < -0.39 is 0 Å². The summed E-state index contributed by atoms with van der Waals surface area (Å²) in [5.74, 6) is -0.768. The van der Waals surface area contributed by atoms with E-state index in [-0.39, 0.29) is 22.5 Å². The summed E-state index contributed by atoms with van der Waals surface area (Å²) in [5.41, 5.74) is 6.25. The SMILES string of the molecule is Cc1cc(C=C2C(=O)N(C)C(=S)N(C)C2=O)c(C)n1-c1ccc(-c2ccccc2)cc1. The van der Waals surface area contributed by atoms with Gasteiger partial charge in [-0.3, -0.25) is 19.4 Å². The van der Waals surface area contributed by atoms with Crippen molar-refractivity contribution in [3.63, 3.8) is 0 Å². The van der Waals surface area contributed by atoms with Crippen molar-refractivity contribution in [2.75, 3.05) is 14.1 Å². The third-order valence-corrected chi connectivity index (χ3v) is 6.19. The van der Waals surface area contributed by atoms with Crippen LogP contribution in [0.4, 0.5) is 0 Å². The third kappa shape index (κ3) is 3.59. The molecule has 4 rings (SSSR count). The first kappa shape index (κ1) is 20.8. The van der Waals surface area contributed by atoms with Crippen LogP contribution in [0.3, 0.4) is 0 Å². The van der Waals surface area contributed by atoms with E-state index in [1.807, 2.05) is 38.1 Å². The first-order valence-corrected chi connectivity index (χ1v) is 10.4. The number of benzene rings is 2. The second-order valence-electron chi connectivity index (χ2n) is 7.64. The summed E-state index contributed by atoms with van der Waals surface area (Å²) in [5, 5.41) is 0.205. The lowest BCUT2D eigenvalue weighted by Gasteiger charge is -2.31. The average molecular weight is 430 g/mol. The van der Waals surface area contributed by atoms with Gasteiger partial charge in [0.05, 0.1) is 0 Å². The van der Waals surface area contributed by atoms with E-state index in [4.69, 9.17) is 12.2 Å². The number of amides is 2. The Labute approximate surface area is 187 Å². The predicted molar refractivity (Wildman–Crippen MR) is 127 cm³/mol. The van der Waals surface area contributed by atoms with Crippen molar-refractivity contribution in [3.8, 4) is 16.8 Å². The highest BCUT2D eigenvalue weighted by Gasteiger charge is 2.35. The smallest absolute Gasteiger partial charge is 0.265 e. The van der Waals surface area contributed by atoms with Crippen molar-refractivity contribution in [1.29, 1.82) is 0 Å². The summed E-state index contributed by atoms with van der Waals surface area (Å²) in [6.07, 6.45) is 1.66. The van der Waals surface area contributed by atoms with Crippen molar-refractivity contribution in [2.24, 2.45) is 0 Å². The topological polar surface area (TPSA) is 45.6 Å². The Balaban J connectivity index is 1.71. The van der Waals surface area contributed by atoms with Gasteiger partial charge in [0.25, 0.3) is 11.8 Å². The zero-order valence-electron chi connectivity index (χ0n) is 17.9. The van der Waals surface area contributed by atoms with Crippen LogP contribution in [-0.4, -0.2) is 45.4 Å². The summed E-state index contributed by atoms with van der Waals surface area (Å²) in [6, 6.07) is 20.6. The number of aryl methyl sites for hydroxylation is 1. The fourth-order valence-electron chi connectivity index (χ4n) is 3.90. The van der Waals surface area contributed by atoms with Gasteiger partial charge >= 0.3 is 0 Å². The van der Waals surface area contributed by atoms with Gasteiger partial charge in [-0.2, -0.15) is 0 Å². The number of carbonyl (C=O) groups is 2. The van der Waals surface area contributed by atoms with E-state index in [0.29, 0.717) is 0 Å². The van der Waals surface area contributed by atoms with Gasteiger partial charge in [-0.25, -0.2) is 0 Å². The van der Waals surface area contributed by atoms with Crippen molar-refractivity contribution in [3.05, 3.63) is 83.2 Å².